The van der Waals surface area contributed by atoms with E-state index in [0.717, 1.165) is 6.54 Å². The van der Waals surface area contributed by atoms with Gasteiger partial charge in [-0.25, -0.2) is 0 Å². The van der Waals surface area contributed by atoms with Crippen molar-refractivity contribution >= 4 is 17.5 Å². The highest BCUT2D eigenvalue weighted by atomic mass is 35.5. The fourth-order valence-corrected chi connectivity index (χ4v) is 0.971. The van der Waals surface area contributed by atoms with Crippen LogP contribution in [-0.2, 0) is 0 Å². The zero-order chi connectivity index (χ0) is 9.68. The van der Waals surface area contributed by atoms with E-state index in [4.69, 9.17) is 16.0 Å². The number of hydrogen-bond acceptors (Lipinski definition) is 3. The number of amides is 1. The van der Waals surface area contributed by atoms with Gasteiger partial charge in [-0.2, -0.15) is 0 Å². The standard InChI is InChI=1S/C8H11ClN2O2/c1-10-4-5-11-8(12)6-2-3-7(9)13-6/h2-3,10H,4-5H2,1H3,(H,11,12). The molecule has 0 spiro atoms. The van der Waals surface area contributed by atoms with Crippen molar-refractivity contribution < 1.29 is 9.21 Å². The molecule has 0 aliphatic heterocycles. The summed E-state index contributed by atoms with van der Waals surface area (Å²) in [4.78, 5) is 11.2. The van der Waals surface area contributed by atoms with Crippen LogP contribution in [0.1, 0.15) is 10.6 Å². The van der Waals surface area contributed by atoms with Crippen LogP contribution in [-0.4, -0.2) is 26.0 Å². The lowest BCUT2D eigenvalue weighted by Gasteiger charge is -2.00. The summed E-state index contributed by atoms with van der Waals surface area (Å²) in [6.07, 6.45) is 0. The fraction of sp³-hybridized carbons (Fsp3) is 0.375. The molecule has 0 aliphatic rings. The molecule has 0 atom stereocenters. The normalized spacial score (nSPS) is 10.0. The number of likely N-dealkylation sites (N-methyl/N-ethyl adjacent to an activating group) is 1. The highest BCUT2D eigenvalue weighted by Gasteiger charge is 2.08. The van der Waals surface area contributed by atoms with E-state index in [2.05, 4.69) is 10.6 Å². The molecule has 4 nitrogen and oxygen atoms in total. The SMILES string of the molecule is CNCCNC(=O)c1ccc(Cl)o1. The van der Waals surface area contributed by atoms with Gasteiger partial charge in [-0.3, -0.25) is 4.79 Å². The first-order valence-corrected chi connectivity index (χ1v) is 4.30. The van der Waals surface area contributed by atoms with Gasteiger partial charge in [-0.1, -0.05) is 0 Å². The highest BCUT2D eigenvalue weighted by molar-refractivity contribution is 6.29. The van der Waals surface area contributed by atoms with E-state index in [1.807, 2.05) is 7.05 Å². The maximum absolute atomic E-state index is 11.2. The minimum Gasteiger partial charge on any atom is -0.440 e. The summed E-state index contributed by atoms with van der Waals surface area (Å²) in [6.45, 7) is 1.29. The molecule has 0 fully saturated rings. The Morgan fingerprint density at radius 2 is 2.31 bits per heavy atom. The van der Waals surface area contributed by atoms with Crippen molar-refractivity contribution in [2.45, 2.75) is 0 Å². The number of hydrogen-bond donors (Lipinski definition) is 2. The van der Waals surface area contributed by atoms with Crippen molar-refractivity contribution in [3.05, 3.63) is 23.1 Å². The van der Waals surface area contributed by atoms with E-state index in [-0.39, 0.29) is 16.9 Å². The van der Waals surface area contributed by atoms with Crippen LogP contribution < -0.4 is 10.6 Å². The number of carbonyl (C=O) groups is 1. The van der Waals surface area contributed by atoms with E-state index < -0.39 is 0 Å². The van der Waals surface area contributed by atoms with Crippen LogP contribution >= 0.6 is 11.6 Å². The third-order valence-electron chi connectivity index (χ3n) is 1.46. The van der Waals surface area contributed by atoms with Crippen LogP contribution in [0.15, 0.2) is 16.5 Å². The van der Waals surface area contributed by atoms with Crippen LogP contribution in [0.4, 0.5) is 0 Å². The van der Waals surface area contributed by atoms with Crippen LogP contribution in [0, 0.1) is 0 Å². The molecule has 5 heteroatoms. The van der Waals surface area contributed by atoms with E-state index in [1.54, 1.807) is 0 Å². The lowest BCUT2D eigenvalue weighted by molar-refractivity contribution is 0.0926. The average Bonchev–Trinajstić information content (AvgIpc) is 2.52. The first-order chi connectivity index (χ1) is 6.24. The van der Waals surface area contributed by atoms with Crippen molar-refractivity contribution in [2.24, 2.45) is 0 Å². The Bertz CT molecular complexity index is 285. The topological polar surface area (TPSA) is 54.3 Å². The number of rotatable bonds is 4. The minimum atomic E-state index is -0.248. The molecule has 1 aromatic rings. The molecule has 0 aromatic carbocycles. The molecule has 0 unspecified atom stereocenters. The summed E-state index contributed by atoms with van der Waals surface area (Å²) >= 11 is 5.51. The molecule has 0 saturated heterocycles. The number of halogens is 1. The second-order valence-electron chi connectivity index (χ2n) is 2.46. The van der Waals surface area contributed by atoms with Crippen LogP contribution in [0.2, 0.25) is 5.22 Å². The largest absolute Gasteiger partial charge is 0.440 e. The lowest BCUT2D eigenvalue weighted by Crippen LogP contribution is -2.30. The second-order valence-corrected chi connectivity index (χ2v) is 2.84. The molecule has 72 valence electrons. The Balaban J connectivity index is 2.40. The Kier molecular flexibility index (Phi) is 3.79. The molecule has 0 bridgehead atoms. The molecule has 13 heavy (non-hydrogen) atoms. The Morgan fingerprint density at radius 1 is 1.54 bits per heavy atom. The van der Waals surface area contributed by atoms with Crippen LogP contribution in [0.3, 0.4) is 0 Å². The summed E-state index contributed by atoms with van der Waals surface area (Å²) < 4.78 is 4.91. The first-order valence-electron chi connectivity index (χ1n) is 3.92. The summed E-state index contributed by atoms with van der Waals surface area (Å²) in [5.74, 6) is -0.0109. The van der Waals surface area contributed by atoms with E-state index in [9.17, 15) is 4.79 Å². The molecule has 1 heterocycles. The summed E-state index contributed by atoms with van der Waals surface area (Å²) in [5.41, 5.74) is 0. The molecule has 1 aromatic heterocycles. The van der Waals surface area contributed by atoms with Gasteiger partial charge < -0.3 is 15.1 Å². The van der Waals surface area contributed by atoms with Crippen molar-refractivity contribution in [1.29, 1.82) is 0 Å². The van der Waals surface area contributed by atoms with Gasteiger partial charge in [0.2, 0.25) is 0 Å². The van der Waals surface area contributed by atoms with Gasteiger partial charge >= 0.3 is 0 Å². The Labute approximate surface area is 81.3 Å². The fourth-order valence-electron chi connectivity index (χ4n) is 0.824. The van der Waals surface area contributed by atoms with Crippen molar-refractivity contribution in [3.63, 3.8) is 0 Å². The third kappa shape index (κ3) is 3.08. The number of carbonyl (C=O) groups excluding carboxylic acids is 1. The Hall–Kier alpha value is -1.00. The minimum absolute atomic E-state index is 0.221. The molecule has 0 aliphatic carbocycles. The van der Waals surface area contributed by atoms with Gasteiger partial charge in [-0.15, -0.1) is 0 Å². The van der Waals surface area contributed by atoms with Gasteiger partial charge in [0.25, 0.3) is 5.91 Å². The van der Waals surface area contributed by atoms with E-state index >= 15 is 0 Å². The molecular weight excluding hydrogens is 192 g/mol. The predicted molar refractivity (Wildman–Crippen MR) is 50.0 cm³/mol. The number of furan rings is 1. The van der Waals surface area contributed by atoms with E-state index in [0.29, 0.717) is 6.54 Å². The lowest BCUT2D eigenvalue weighted by atomic mass is 10.4. The molecule has 0 radical (unpaired) electrons. The summed E-state index contributed by atoms with van der Waals surface area (Å²) in [6, 6.07) is 3.07. The van der Waals surface area contributed by atoms with Gasteiger partial charge in [0, 0.05) is 13.1 Å². The smallest absolute Gasteiger partial charge is 0.287 e. The summed E-state index contributed by atoms with van der Waals surface area (Å²) in [7, 11) is 1.82. The molecule has 2 N–H and O–H groups in total. The average molecular weight is 203 g/mol. The van der Waals surface area contributed by atoms with Crippen molar-refractivity contribution in [3.8, 4) is 0 Å². The maximum atomic E-state index is 11.2. The van der Waals surface area contributed by atoms with Gasteiger partial charge in [0.15, 0.2) is 11.0 Å². The zero-order valence-corrected chi connectivity index (χ0v) is 8.02. The third-order valence-corrected chi connectivity index (χ3v) is 1.66. The van der Waals surface area contributed by atoms with E-state index in [1.165, 1.54) is 12.1 Å². The van der Waals surface area contributed by atoms with Gasteiger partial charge in [0.05, 0.1) is 0 Å². The molecule has 1 amide bonds. The van der Waals surface area contributed by atoms with Crippen LogP contribution in [0.25, 0.3) is 0 Å². The summed E-state index contributed by atoms with van der Waals surface area (Å²) in [5, 5.41) is 5.79. The number of nitrogens with one attached hydrogen (secondary N) is 2. The molecule has 1 rings (SSSR count). The predicted octanol–water partition coefficient (Wildman–Crippen LogP) is 0.882. The quantitative estimate of drug-likeness (QED) is 0.713. The zero-order valence-electron chi connectivity index (χ0n) is 7.26. The van der Waals surface area contributed by atoms with Crippen molar-refractivity contribution in [1.82, 2.24) is 10.6 Å². The van der Waals surface area contributed by atoms with Crippen molar-refractivity contribution in [2.75, 3.05) is 20.1 Å². The maximum Gasteiger partial charge on any atom is 0.287 e. The Morgan fingerprint density at radius 3 is 2.85 bits per heavy atom. The van der Waals surface area contributed by atoms with Gasteiger partial charge in [0.1, 0.15) is 0 Å². The molecular formula is C8H11ClN2O2. The molecule has 0 saturated carbocycles. The first kappa shape index (κ1) is 10.1. The van der Waals surface area contributed by atoms with Gasteiger partial charge in [-0.05, 0) is 30.8 Å². The second kappa shape index (κ2) is 4.89. The van der Waals surface area contributed by atoms with Crippen LogP contribution in [0.5, 0.6) is 0 Å². The monoisotopic (exact) mass is 202 g/mol. The highest BCUT2D eigenvalue weighted by Crippen LogP contribution is 2.12.